The second-order valence-electron chi connectivity index (χ2n) is 3.03. The monoisotopic (exact) mass is 180 g/mol. The van der Waals surface area contributed by atoms with Crippen molar-refractivity contribution in [2.45, 2.75) is 19.8 Å². The van der Waals surface area contributed by atoms with Gasteiger partial charge >= 0.3 is 5.97 Å². The third-order valence-electron chi connectivity index (χ3n) is 1.84. The molecule has 2 N–H and O–H groups in total. The molecular weight excluding hydrogens is 168 g/mol. The van der Waals surface area contributed by atoms with Gasteiger partial charge in [-0.2, -0.15) is 0 Å². The molecule has 0 atom stereocenters. The summed E-state index contributed by atoms with van der Waals surface area (Å²) in [5.74, 6) is -0.673. The summed E-state index contributed by atoms with van der Waals surface area (Å²) in [4.78, 5) is 10.3. The lowest BCUT2D eigenvalue weighted by molar-refractivity contribution is -0.136. The number of carbonyl (C=O) groups is 1. The summed E-state index contributed by atoms with van der Waals surface area (Å²) in [7, 11) is 0. The molecule has 0 saturated carbocycles. The minimum atomic E-state index is -0.846. The highest BCUT2D eigenvalue weighted by Crippen LogP contribution is 2.19. The second kappa shape index (κ2) is 3.94. The van der Waals surface area contributed by atoms with Crippen molar-refractivity contribution >= 4 is 5.97 Å². The van der Waals surface area contributed by atoms with Gasteiger partial charge in [-0.3, -0.25) is 4.79 Å². The average molecular weight is 180 g/mol. The molecule has 0 fully saturated rings. The number of carboxylic acid groups (broad SMARTS) is 1. The molecule has 0 spiro atoms. The number of aromatic hydroxyl groups is 1. The molecule has 13 heavy (non-hydrogen) atoms. The molecule has 0 bridgehead atoms. The molecule has 1 aromatic rings. The molecule has 1 aromatic carbocycles. The Morgan fingerprint density at radius 1 is 1.46 bits per heavy atom. The highest BCUT2D eigenvalue weighted by Gasteiger charge is 2.03. The summed E-state index contributed by atoms with van der Waals surface area (Å²) in [6, 6.07) is 5.18. The molecule has 0 aromatic heterocycles. The van der Waals surface area contributed by atoms with Crippen molar-refractivity contribution in [2.75, 3.05) is 0 Å². The second-order valence-corrected chi connectivity index (χ2v) is 3.03. The largest absolute Gasteiger partial charge is 0.508 e. The first-order chi connectivity index (χ1) is 6.09. The van der Waals surface area contributed by atoms with E-state index in [4.69, 9.17) is 5.11 Å². The van der Waals surface area contributed by atoms with Crippen LogP contribution in [0, 0.1) is 6.92 Å². The smallest absolute Gasteiger partial charge is 0.303 e. The minimum absolute atomic E-state index is 0.0526. The maximum atomic E-state index is 10.3. The number of hydrogen-bond acceptors (Lipinski definition) is 2. The number of aliphatic carboxylic acids is 1. The van der Waals surface area contributed by atoms with E-state index >= 15 is 0 Å². The molecule has 0 aliphatic rings. The van der Waals surface area contributed by atoms with Gasteiger partial charge in [0.25, 0.3) is 0 Å². The van der Waals surface area contributed by atoms with Gasteiger partial charge in [-0.05, 0) is 25.0 Å². The summed E-state index contributed by atoms with van der Waals surface area (Å²) in [6.07, 6.45) is 0.430. The number of carboxylic acids is 1. The van der Waals surface area contributed by atoms with Crippen LogP contribution in [0.5, 0.6) is 5.75 Å². The Bertz CT molecular complexity index is 318. The van der Waals surface area contributed by atoms with E-state index in [9.17, 15) is 9.90 Å². The zero-order valence-corrected chi connectivity index (χ0v) is 7.45. The van der Waals surface area contributed by atoms with Crippen LogP contribution in [0.1, 0.15) is 17.5 Å². The molecule has 0 aliphatic heterocycles. The normalized spacial score (nSPS) is 9.92. The first-order valence-corrected chi connectivity index (χ1v) is 4.10. The van der Waals surface area contributed by atoms with E-state index in [2.05, 4.69) is 0 Å². The molecule has 0 heterocycles. The SMILES string of the molecule is Cc1ccc(O)c(CCC(=O)O)c1. The van der Waals surface area contributed by atoms with Gasteiger partial charge < -0.3 is 10.2 Å². The molecule has 0 unspecified atom stereocenters. The summed E-state index contributed by atoms with van der Waals surface area (Å²) in [5, 5.41) is 17.8. The van der Waals surface area contributed by atoms with Gasteiger partial charge in [0, 0.05) is 6.42 Å². The van der Waals surface area contributed by atoms with E-state index < -0.39 is 5.97 Å². The summed E-state index contributed by atoms with van der Waals surface area (Å²) in [5.41, 5.74) is 1.72. The number of rotatable bonds is 3. The lowest BCUT2D eigenvalue weighted by Crippen LogP contribution is -1.97. The number of phenolic OH excluding ortho intramolecular Hbond substituents is 1. The van der Waals surface area contributed by atoms with Crippen molar-refractivity contribution in [1.29, 1.82) is 0 Å². The van der Waals surface area contributed by atoms with Gasteiger partial charge in [0.05, 0.1) is 0 Å². The summed E-state index contributed by atoms with van der Waals surface area (Å²) >= 11 is 0. The van der Waals surface area contributed by atoms with Crippen LogP contribution in [0.25, 0.3) is 0 Å². The van der Waals surface area contributed by atoms with Gasteiger partial charge in [0.15, 0.2) is 0 Å². The quantitative estimate of drug-likeness (QED) is 0.744. The van der Waals surface area contributed by atoms with Crippen LogP contribution < -0.4 is 0 Å². The van der Waals surface area contributed by atoms with Crippen molar-refractivity contribution in [3.05, 3.63) is 29.3 Å². The topological polar surface area (TPSA) is 57.5 Å². The average Bonchev–Trinajstić information content (AvgIpc) is 2.06. The number of hydrogen-bond donors (Lipinski definition) is 2. The highest BCUT2D eigenvalue weighted by molar-refractivity contribution is 5.67. The van der Waals surface area contributed by atoms with Crippen molar-refractivity contribution in [1.82, 2.24) is 0 Å². The van der Waals surface area contributed by atoms with Crippen molar-refractivity contribution in [3.8, 4) is 5.75 Å². The zero-order chi connectivity index (χ0) is 9.84. The summed E-state index contributed by atoms with van der Waals surface area (Å²) < 4.78 is 0. The van der Waals surface area contributed by atoms with E-state index in [1.54, 1.807) is 18.2 Å². The van der Waals surface area contributed by atoms with Crippen LogP contribution in [0.3, 0.4) is 0 Å². The lowest BCUT2D eigenvalue weighted by atomic mass is 10.1. The minimum Gasteiger partial charge on any atom is -0.508 e. The molecular formula is C10H12O3. The predicted octanol–water partition coefficient (Wildman–Crippen LogP) is 1.72. The van der Waals surface area contributed by atoms with Crippen LogP contribution in [0.15, 0.2) is 18.2 Å². The van der Waals surface area contributed by atoms with E-state index in [1.165, 1.54) is 0 Å². The third kappa shape index (κ3) is 2.78. The molecule has 0 radical (unpaired) electrons. The van der Waals surface area contributed by atoms with Gasteiger partial charge in [-0.25, -0.2) is 0 Å². The van der Waals surface area contributed by atoms with E-state index in [-0.39, 0.29) is 12.2 Å². The maximum absolute atomic E-state index is 10.3. The van der Waals surface area contributed by atoms with Gasteiger partial charge in [0.1, 0.15) is 5.75 Å². The van der Waals surface area contributed by atoms with Crippen LogP contribution in [0.2, 0.25) is 0 Å². The van der Waals surface area contributed by atoms with Crippen LogP contribution >= 0.6 is 0 Å². The standard InChI is InChI=1S/C10H12O3/c1-7-2-4-9(11)8(6-7)3-5-10(12)13/h2,4,6,11H,3,5H2,1H3,(H,12,13). The van der Waals surface area contributed by atoms with E-state index in [0.717, 1.165) is 5.56 Å². The number of phenols is 1. The Balaban J connectivity index is 2.75. The first kappa shape index (κ1) is 9.58. The third-order valence-corrected chi connectivity index (χ3v) is 1.84. The lowest BCUT2D eigenvalue weighted by Gasteiger charge is -2.03. The fraction of sp³-hybridized carbons (Fsp3) is 0.300. The van der Waals surface area contributed by atoms with Crippen LogP contribution in [0.4, 0.5) is 0 Å². The zero-order valence-electron chi connectivity index (χ0n) is 7.45. The Labute approximate surface area is 76.6 Å². The molecule has 0 aliphatic carbocycles. The fourth-order valence-electron chi connectivity index (χ4n) is 1.16. The Morgan fingerprint density at radius 3 is 2.77 bits per heavy atom. The highest BCUT2D eigenvalue weighted by atomic mass is 16.4. The molecule has 70 valence electrons. The first-order valence-electron chi connectivity index (χ1n) is 4.10. The van der Waals surface area contributed by atoms with Gasteiger partial charge in [0.2, 0.25) is 0 Å². The van der Waals surface area contributed by atoms with Crippen molar-refractivity contribution < 1.29 is 15.0 Å². The van der Waals surface area contributed by atoms with Crippen molar-refractivity contribution in [3.63, 3.8) is 0 Å². The Hall–Kier alpha value is -1.51. The maximum Gasteiger partial charge on any atom is 0.303 e. The fourth-order valence-corrected chi connectivity index (χ4v) is 1.16. The van der Waals surface area contributed by atoms with Gasteiger partial charge in [-0.1, -0.05) is 17.7 Å². The molecule has 0 amide bonds. The van der Waals surface area contributed by atoms with E-state index in [0.29, 0.717) is 12.0 Å². The Kier molecular flexibility index (Phi) is 2.90. The Morgan fingerprint density at radius 2 is 2.15 bits per heavy atom. The molecule has 3 heteroatoms. The van der Waals surface area contributed by atoms with Gasteiger partial charge in [-0.15, -0.1) is 0 Å². The number of benzene rings is 1. The van der Waals surface area contributed by atoms with Crippen LogP contribution in [-0.4, -0.2) is 16.2 Å². The molecule has 1 rings (SSSR count). The summed E-state index contributed by atoms with van der Waals surface area (Å²) in [6.45, 7) is 1.91. The van der Waals surface area contributed by atoms with Crippen LogP contribution in [-0.2, 0) is 11.2 Å². The van der Waals surface area contributed by atoms with Crippen molar-refractivity contribution in [2.24, 2.45) is 0 Å². The molecule has 3 nitrogen and oxygen atoms in total. The molecule has 0 saturated heterocycles. The number of aryl methyl sites for hydroxylation is 2. The predicted molar refractivity (Wildman–Crippen MR) is 48.8 cm³/mol. The van der Waals surface area contributed by atoms with E-state index in [1.807, 2.05) is 6.92 Å².